The Morgan fingerprint density at radius 1 is 1.23 bits per heavy atom. The molecule has 1 aromatic carbocycles. The van der Waals surface area contributed by atoms with Crippen molar-refractivity contribution in [1.82, 2.24) is 15.2 Å². The molecule has 0 radical (unpaired) electrons. The third-order valence-electron chi connectivity index (χ3n) is 3.12. The van der Waals surface area contributed by atoms with E-state index in [1.807, 2.05) is 36.9 Å². The average Bonchev–Trinajstić information content (AvgIpc) is 2.89. The van der Waals surface area contributed by atoms with E-state index in [0.717, 1.165) is 18.1 Å². The Labute approximate surface area is 141 Å². The van der Waals surface area contributed by atoms with Gasteiger partial charge in [0.15, 0.2) is 5.96 Å². The predicted octanol–water partition coefficient (Wildman–Crippen LogP) is 3.59. The van der Waals surface area contributed by atoms with Crippen molar-refractivity contribution in [3.05, 3.63) is 57.8 Å². The maximum Gasteiger partial charge on any atom is 0.191 e. The molecular formula is C16H20Cl2N4. The number of halogens is 2. The second kappa shape index (κ2) is 8.11. The first-order valence-electron chi connectivity index (χ1n) is 7.15. The topological polar surface area (TPSA) is 41.4 Å². The lowest BCUT2D eigenvalue weighted by Gasteiger charge is -2.12. The Balaban J connectivity index is 1.98. The van der Waals surface area contributed by atoms with Crippen molar-refractivity contribution >= 4 is 29.2 Å². The molecule has 6 heteroatoms. The SMILES string of the molecule is CCNC(=NCc1ccn(C)c1)NCc1ccc(Cl)cc1Cl. The molecule has 0 aliphatic heterocycles. The van der Waals surface area contributed by atoms with Crippen LogP contribution in [0.2, 0.25) is 10.0 Å². The number of hydrogen-bond acceptors (Lipinski definition) is 1. The van der Waals surface area contributed by atoms with Gasteiger partial charge in [0.2, 0.25) is 0 Å². The smallest absolute Gasteiger partial charge is 0.191 e. The third kappa shape index (κ3) is 4.97. The van der Waals surface area contributed by atoms with Gasteiger partial charge in [-0.2, -0.15) is 0 Å². The summed E-state index contributed by atoms with van der Waals surface area (Å²) in [6, 6.07) is 7.55. The first kappa shape index (κ1) is 16.7. The Bertz CT molecular complexity index is 649. The van der Waals surface area contributed by atoms with Crippen LogP contribution < -0.4 is 10.6 Å². The summed E-state index contributed by atoms with van der Waals surface area (Å²) in [5.74, 6) is 0.761. The minimum absolute atomic E-state index is 0.594. The Morgan fingerprint density at radius 2 is 2.05 bits per heavy atom. The number of guanidine groups is 1. The summed E-state index contributed by atoms with van der Waals surface area (Å²) in [6.07, 6.45) is 4.07. The normalized spacial score (nSPS) is 11.5. The number of aliphatic imine (C=N–C) groups is 1. The fourth-order valence-electron chi connectivity index (χ4n) is 2.01. The zero-order valence-corrected chi connectivity index (χ0v) is 14.2. The molecule has 0 aliphatic rings. The highest BCUT2D eigenvalue weighted by molar-refractivity contribution is 6.35. The van der Waals surface area contributed by atoms with E-state index in [2.05, 4.69) is 27.9 Å². The lowest BCUT2D eigenvalue weighted by atomic mass is 10.2. The monoisotopic (exact) mass is 338 g/mol. The summed E-state index contributed by atoms with van der Waals surface area (Å²) in [4.78, 5) is 4.57. The fraction of sp³-hybridized carbons (Fsp3) is 0.312. The van der Waals surface area contributed by atoms with Crippen molar-refractivity contribution in [2.75, 3.05) is 6.54 Å². The van der Waals surface area contributed by atoms with Crippen molar-refractivity contribution in [2.24, 2.45) is 12.0 Å². The van der Waals surface area contributed by atoms with Gasteiger partial charge in [0.1, 0.15) is 0 Å². The van der Waals surface area contributed by atoms with E-state index in [9.17, 15) is 0 Å². The van der Waals surface area contributed by atoms with E-state index in [1.54, 1.807) is 6.07 Å². The zero-order chi connectivity index (χ0) is 15.9. The number of hydrogen-bond donors (Lipinski definition) is 2. The lowest BCUT2D eigenvalue weighted by molar-refractivity contribution is 0.815. The van der Waals surface area contributed by atoms with Crippen molar-refractivity contribution in [1.29, 1.82) is 0 Å². The van der Waals surface area contributed by atoms with Crippen LogP contribution in [0.15, 0.2) is 41.7 Å². The van der Waals surface area contributed by atoms with Gasteiger partial charge in [0, 0.05) is 42.6 Å². The summed E-state index contributed by atoms with van der Waals surface area (Å²) in [7, 11) is 2.00. The van der Waals surface area contributed by atoms with Gasteiger partial charge in [0.25, 0.3) is 0 Å². The molecule has 0 bridgehead atoms. The molecule has 0 unspecified atom stereocenters. The van der Waals surface area contributed by atoms with Crippen LogP contribution in [0.1, 0.15) is 18.1 Å². The van der Waals surface area contributed by atoms with Gasteiger partial charge in [-0.3, -0.25) is 0 Å². The molecule has 4 nitrogen and oxygen atoms in total. The van der Waals surface area contributed by atoms with Gasteiger partial charge >= 0.3 is 0 Å². The highest BCUT2D eigenvalue weighted by atomic mass is 35.5. The molecule has 118 valence electrons. The molecule has 0 aliphatic carbocycles. The number of aryl methyl sites for hydroxylation is 1. The molecule has 0 amide bonds. The summed E-state index contributed by atoms with van der Waals surface area (Å²) in [5, 5.41) is 7.79. The second-order valence-electron chi connectivity index (χ2n) is 4.97. The molecule has 0 saturated carbocycles. The predicted molar refractivity (Wildman–Crippen MR) is 93.5 cm³/mol. The zero-order valence-electron chi connectivity index (χ0n) is 12.7. The van der Waals surface area contributed by atoms with Crippen LogP contribution >= 0.6 is 23.2 Å². The van der Waals surface area contributed by atoms with Crippen LogP contribution in [0.5, 0.6) is 0 Å². The van der Waals surface area contributed by atoms with Gasteiger partial charge in [-0.05, 0) is 36.2 Å². The third-order valence-corrected chi connectivity index (χ3v) is 3.71. The van der Waals surface area contributed by atoms with Crippen LogP contribution in [-0.2, 0) is 20.1 Å². The van der Waals surface area contributed by atoms with Gasteiger partial charge in [0.05, 0.1) is 6.54 Å². The Kier molecular flexibility index (Phi) is 6.16. The molecule has 0 saturated heterocycles. The largest absolute Gasteiger partial charge is 0.357 e. The van der Waals surface area contributed by atoms with Crippen LogP contribution in [0.3, 0.4) is 0 Å². The highest BCUT2D eigenvalue weighted by Gasteiger charge is 2.03. The highest BCUT2D eigenvalue weighted by Crippen LogP contribution is 2.20. The minimum atomic E-state index is 0.594. The second-order valence-corrected chi connectivity index (χ2v) is 5.81. The standard InChI is InChI=1S/C16H20Cl2N4/c1-3-19-16(20-9-12-6-7-22(2)11-12)21-10-13-4-5-14(17)8-15(13)18/h4-8,11H,3,9-10H2,1-2H3,(H2,19,20,21). The first-order chi connectivity index (χ1) is 10.6. The molecule has 2 rings (SSSR count). The average molecular weight is 339 g/mol. The molecule has 0 fully saturated rings. The van der Waals surface area contributed by atoms with Crippen LogP contribution in [0.4, 0.5) is 0 Å². The summed E-state index contributed by atoms with van der Waals surface area (Å²) in [6.45, 7) is 4.06. The van der Waals surface area contributed by atoms with Gasteiger partial charge < -0.3 is 15.2 Å². The number of aromatic nitrogens is 1. The van der Waals surface area contributed by atoms with E-state index >= 15 is 0 Å². The number of rotatable bonds is 5. The van der Waals surface area contributed by atoms with E-state index in [1.165, 1.54) is 5.56 Å². The Morgan fingerprint density at radius 3 is 2.68 bits per heavy atom. The van der Waals surface area contributed by atoms with E-state index in [-0.39, 0.29) is 0 Å². The van der Waals surface area contributed by atoms with Crippen molar-refractivity contribution in [2.45, 2.75) is 20.0 Å². The molecule has 2 aromatic rings. The van der Waals surface area contributed by atoms with Crippen LogP contribution in [0, 0.1) is 0 Å². The molecule has 0 spiro atoms. The molecule has 1 heterocycles. The van der Waals surface area contributed by atoms with Crippen LogP contribution in [-0.4, -0.2) is 17.1 Å². The number of nitrogens with zero attached hydrogens (tertiary/aromatic N) is 2. The van der Waals surface area contributed by atoms with Gasteiger partial charge in [-0.25, -0.2) is 4.99 Å². The molecule has 22 heavy (non-hydrogen) atoms. The molecule has 2 N–H and O–H groups in total. The van der Waals surface area contributed by atoms with Gasteiger partial charge in [-0.15, -0.1) is 0 Å². The van der Waals surface area contributed by atoms with Crippen molar-refractivity contribution < 1.29 is 0 Å². The molecular weight excluding hydrogens is 319 g/mol. The minimum Gasteiger partial charge on any atom is -0.357 e. The first-order valence-corrected chi connectivity index (χ1v) is 7.91. The number of benzene rings is 1. The van der Waals surface area contributed by atoms with Crippen molar-refractivity contribution in [3.8, 4) is 0 Å². The molecule has 0 atom stereocenters. The van der Waals surface area contributed by atoms with E-state index in [4.69, 9.17) is 23.2 Å². The lowest BCUT2D eigenvalue weighted by Crippen LogP contribution is -2.36. The maximum atomic E-state index is 6.18. The van der Waals surface area contributed by atoms with E-state index < -0.39 is 0 Å². The fourth-order valence-corrected chi connectivity index (χ4v) is 2.49. The summed E-state index contributed by atoms with van der Waals surface area (Å²) < 4.78 is 2.01. The Hall–Kier alpha value is -1.65. The van der Waals surface area contributed by atoms with Crippen molar-refractivity contribution in [3.63, 3.8) is 0 Å². The van der Waals surface area contributed by atoms with E-state index in [0.29, 0.717) is 23.1 Å². The summed E-state index contributed by atoms with van der Waals surface area (Å²) in [5.41, 5.74) is 2.15. The van der Waals surface area contributed by atoms with Crippen LogP contribution in [0.25, 0.3) is 0 Å². The number of nitrogens with one attached hydrogen (secondary N) is 2. The quantitative estimate of drug-likeness (QED) is 0.646. The summed E-state index contributed by atoms with van der Waals surface area (Å²) >= 11 is 12.1. The van der Waals surface area contributed by atoms with Gasteiger partial charge in [-0.1, -0.05) is 29.3 Å². The maximum absolute atomic E-state index is 6.18. The molecule has 1 aromatic heterocycles.